The minimum Gasteiger partial charge on any atom is -0.316 e. The number of rotatable bonds is 8. The van der Waals surface area contributed by atoms with Crippen LogP contribution in [0.25, 0.3) is 0 Å². The molecule has 152 valence electrons. The predicted molar refractivity (Wildman–Crippen MR) is 95.3 cm³/mol. The quantitative estimate of drug-likeness (QED) is 0.333. The van der Waals surface area contributed by atoms with Crippen molar-refractivity contribution in [2.75, 3.05) is 0 Å². The second-order valence-electron chi connectivity index (χ2n) is 7.36. The van der Waals surface area contributed by atoms with Crippen molar-refractivity contribution in [3.63, 3.8) is 0 Å². The summed E-state index contributed by atoms with van der Waals surface area (Å²) in [6.45, 7) is 1.59. The Balaban J connectivity index is 1.75. The van der Waals surface area contributed by atoms with Crippen LogP contribution in [0.5, 0.6) is 0 Å². The Morgan fingerprint density at radius 1 is 0.963 bits per heavy atom. The number of hydrogen-bond acceptors (Lipinski definition) is 1. The average molecular weight is 390 g/mol. The molecule has 6 heteroatoms. The van der Waals surface area contributed by atoms with Gasteiger partial charge in [-0.15, -0.1) is 0 Å². The Bertz CT molecular complexity index is 584. The van der Waals surface area contributed by atoms with Crippen LogP contribution in [0, 0.1) is 11.8 Å². The van der Waals surface area contributed by atoms with Gasteiger partial charge in [-0.3, -0.25) is 0 Å². The molecule has 0 spiro atoms. The lowest BCUT2D eigenvalue weighted by Crippen LogP contribution is -2.27. The van der Waals surface area contributed by atoms with Crippen molar-refractivity contribution in [1.29, 1.82) is 0 Å². The molecule has 2 rings (SSSR count). The molecule has 1 saturated carbocycles. The van der Waals surface area contributed by atoms with E-state index in [0.717, 1.165) is 50.7 Å². The summed E-state index contributed by atoms with van der Waals surface area (Å²) in [5, 5.41) is 0. The summed E-state index contributed by atoms with van der Waals surface area (Å²) in [5.74, 6) is 0.546. The highest BCUT2D eigenvalue weighted by Gasteiger charge is 2.35. The van der Waals surface area contributed by atoms with E-state index in [2.05, 4.69) is 6.08 Å². The van der Waals surface area contributed by atoms with Crippen molar-refractivity contribution in [3.05, 3.63) is 47.5 Å². The number of allylic oxidation sites excluding steroid dienone is 2. The Morgan fingerprint density at radius 3 is 2.11 bits per heavy atom. The van der Waals surface area contributed by atoms with E-state index in [1.807, 2.05) is 13.0 Å². The van der Waals surface area contributed by atoms with E-state index < -0.39 is 24.5 Å². The van der Waals surface area contributed by atoms with Gasteiger partial charge in [-0.1, -0.05) is 37.1 Å². The second kappa shape index (κ2) is 9.67. The molecule has 0 aliphatic heterocycles. The third kappa shape index (κ3) is 7.60. The lowest BCUT2D eigenvalue weighted by molar-refractivity contribution is -0.256. The molecule has 0 bridgehead atoms. The van der Waals surface area contributed by atoms with Crippen molar-refractivity contribution < 1.29 is 26.7 Å². The molecule has 1 aliphatic rings. The maximum atomic E-state index is 14.1. The van der Waals surface area contributed by atoms with Gasteiger partial charge in [-0.25, -0.2) is 0 Å². The van der Waals surface area contributed by atoms with Gasteiger partial charge in [0.15, 0.2) is 0 Å². The molecular weight excluding hydrogens is 363 g/mol. The third-order valence-corrected chi connectivity index (χ3v) is 5.20. The first-order chi connectivity index (χ1) is 12.7. The zero-order valence-corrected chi connectivity index (χ0v) is 15.6. The molecule has 0 heterocycles. The molecule has 0 aromatic heterocycles. The van der Waals surface area contributed by atoms with E-state index in [1.54, 1.807) is 0 Å². The van der Waals surface area contributed by atoms with Crippen molar-refractivity contribution in [1.82, 2.24) is 0 Å². The van der Waals surface area contributed by atoms with Crippen LogP contribution in [0.2, 0.25) is 0 Å². The summed E-state index contributed by atoms with van der Waals surface area (Å²) in [7, 11) is 0. The van der Waals surface area contributed by atoms with Gasteiger partial charge in [0, 0.05) is 6.42 Å². The first-order valence-corrected chi connectivity index (χ1v) is 9.48. The van der Waals surface area contributed by atoms with Crippen LogP contribution in [0.1, 0.15) is 63.0 Å². The van der Waals surface area contributed by atoms with Crippen LogP contribution in [-0.4, -0.2) is 6.11 Å². The fourth-order valence-electron chi connectivity index (χ4n) is 3.60. The summed E-state index contributed by atoms with van der Waals surface area (Å²) in [5.41, 5.74) is -0.500. The SMILES string of the molecule is CC=CCC[C@H]1CC[C@H](CC(F)(F)OCc2ccc(C(F)(F)F)cc2)CC1. The Kier molecular flexibility index (Phi) is 7.83. The Labute approximate surface area is 157 Å². The highest BCUT2D eigenvalue weighted by molar-refractivity contribution is 5.24. The molecule has 0 radical (unpaired) electrons. The minimum absolute atomic E-state index is 0.0643. The lowest BCUT2D eigenvalue weighted by Gasteiger charge is -2.30. The molecule has 0 unspecified atom stereocenters. The van der Waals surface area contributed by atoms with Gasteiger partial charge in [0.2, 0.25) is 0 Å². The van der Waals surface area contributed by atoms with E-state index in [-0.39, 0.29) is 12.3 Å². The van der Waals surface area contributed by atoms with Gasteiger partial charge in [-0.2, -0.15) is 22.0 Å². The summed E-state index contributed by atoms with van der Waals surface area (Å²) in [6, 6.07) is 4.11. The normalized spacial score (nSPS) is 21.7. The van der Waals surface area contributed by atoms with Gasteiger partial charge in [0.05, 0.1) is 12.2 Å². The Morgan fingerprint density at radius 2 is 1.56 bits per heavy atom. The van der Waals surface area contributed by atoms with Gasteiger partial charge in [0.1, 0.15) is 0 Å². The number of benzene rings is 1. The molecule has 1 aliphatic carbocycles. The summed E-state index contributed by atoms with van der Waals surface area (Å²) < 4.78 is 70.5. The van der Waals surface area contributed by atoms with Gasteiger partial charge in [-0.05, 0) is 62.1 Å². The van der Waals surface area contributed by atoms with Crippen LogP contribution < -0.4 is 0 Å². The summed E-state index contributed by atoms with van der Waals surface area (Å²) in [6.07, 6.45) is 1.79. The number of ether oxygens (including phenoxy) is 1. The maximum absolute atomic E-state index is 14.1. The van der Waals surface area contributed by atoms with Crippen molar-refractivity contribution in [2.24, 2.45) is 11.8 Å². The maximum Gasteiger partial charge on any atom is 0.416 e. The first-order valence-electron chi connectivity index (χ1n) is 9.48. The van der Waals surface area contributed by atoms with Gasteiger partial charge >= 0.3 is 12.3 Å². The van der Waals surface area contributed by atoms with E-state index in [9.17, 15) is 22.0 Å². The summed E-state index contributed by atoms with van der Waals surface area (Å²) >= 11 is 0. The highest BCUT2D eigenvalue weighted by Crippen LogP contribution is 2.38. The number of hydrogen-bond donors (Lipinski definition) is 0. The zero-order chi connectivity index (χ0) is 19.9. The molecule has 0 atom stereocenters. The average Bonchev–Trinajstić information content (AvgIpc) is 2.61. The molecule has 1 fully saturated rings. The zero-order valence-electron chi connectivity index (χ0n) is 15.6. The highest BCUT2D eigenvalue weighted by atomic mass is 19.4. The third-order valence-electron chi connectivity index (χ3n) is 5.20. The molecule has 1 aromatic rings. The summed E-state index contributed by atoms with van der Waals surface area (Å²) in [4.78, 5) is 0. The fraction of sp³-hybridized carbons (Fsp3) is 0.619. The van der Waals surface area contributed by atoms with Crippen LogP contribution in [0.3, 0.4) is 0 Å². The molecule has 1 nitrogen and oxygen atoms in total. The van der Waals surface area contributed by atoms with E-state index in [1.165, 1.54) is 12.1 Å². The molecule has 27 heavy (non-hydrogen) atoms. The smallest absolute Gasteiger partial charge is 0.316 e. The largest absolute Gasteiger partial charge is 0.416 e. The van der Waals surface area contributed by atoms with E-state index in [4.69, 9.17) is 4.74 Å². The van der Waals surface area contributed by atoms with Crippen LogP contribution in [0.4, 0.5) is 22.0 Å². The predicted octanol–water partition coefficient (Wildman–Crippen LogP) is 7.37. The molecular formula is C21H27F5O. The van der Waals surface area contributed by atoms with Crippen LogP contribution in [-0.2, 0) is 17.5 Å². The minimum atomic E-state index is -4.44. The second-order valence-corrected chi connectivity index (χ2v) is 7.36. The first kappa shape index (κ1) is 21.9. The lowest BCUT2D eigenvalue weighted by atomic mass is 9.78. The fourth-order valence-corrected chi connectivity index (χ4v) is 3.60. The number of halogens is 5. The van der Waals surface area contributed by atoms with Crippen LogP contribution in [0.15, 0.2) is 36.4 Å². The van der Waals surface area contributed by atoms with Gasteiger partial charge in [0.25, 0.3) is 0 Å². The standard InChI is InChI=1S/C21H27F5O/c1-2-3-4-5-16-6-8-17(9-7-16)14-20(22,23)27-15-18-10-12-19(13-11-18)21(24,25)26/h2-3,10-13,16-17H,4-9,14-15H2,1H3/t16-,17-. The van der Waals surface area contributed by atoms with Crippen molar-refractivity contribution in [2.45, 2.75) is 70.8 Å². The monoisotopic (exact) mass is 390 g/mol. The van der Waals surface area contributed by atoms with Crippen molar-refractivity contribution in [3.8, 4) is 0 Å². The number of alkyl halides is 5. The van der Waals surface area contributed by atoms with Crippen LogP contribution >= 0.6 is 0 Å². The Hall–Kier alpha value is -1.43. The topological polar surface area (TPSA) is 9.23 Å². The van der Waals surface area contributed by atoms with Crippen molar-refractivity contribution >= 4 is 0 Å². The van der Waals surface area contributed by atoms with Gasteiger partial charge < -0.3 is 4.74 Å². The van der Waals surface area contributed by atoms with E-state index >= 15 is 0 Å². The molecule has 0 amide bonds. The molecule has 0 saturated heterocycles. The van der Waals surface area contributed by atoms with E-state index in [0.29, 0.717) is 11.5 Å². The molecule has 1 aromatic carbocycles. The molecule has 0 N–H and O–H groups in total.